The monoisotopic (exact) mass is 164 g/mol. The van der Waals surface area contributed by atoms with Crippen molar-refractivity contribution in [2.24, 2.45) is 10.2 Å². The van der Waals surface area contributed by atoms with E-state index in [1.54, 1.807) is 18.4 Å². The van der Waals surface area contributed by atoms with Crippen molar-refractivity contribution >= 4 is 24.9 Å². The highest BCUT2D eigenvalue weighted by molar-refractivity contribution is 5.80. The molecule has 0 fully saturated rings. The summed E-state index contributed by atoms with van der Waals surface area (Å²) in [5, 5.41) is 20.7. The van der Waals surface area contributed by atoms with Crippen molar-refractivity contribution in [1.29, 1.82) is 10.8 Å². The fraction of sp³-hybridized carbons (Fsp3) is 0.250. The van der Waals surface area contributed by atoms with Crippen LogP contribution in [0, 0.1) is 10.8 Å². The van der Waals surface area contributed by atoms with Gasteiger partial charge in [-0.05, 0) is 31.2 Å². The smallest absolute Gasteiger partial charge is 0.0496 e. The van der Waals surface area contributed by atoms with Gasteiger partial charge in [-0.3, -0.25) is 0 Å². The number of rotatable bonds is 6. The minimum Gasteiger partial charge on any atom is -0.313 e. The first-order valence-corrected chi connectivity index (χ1v) is 3.61. The van der Waals surface area contributed by atoms with Crippen LogP contribution in [0.25, 0.3) is 0 Å². The van der Waals surface area contributed by atoms with Crippen LogP contribution in [0.15, 0.2) is 22.4 Å². The first-order valence-electron chi connectivity index (χ1n) is 3.61. The van der Waals surface area contributed by atoms with Gasteiger partial charge in [0.1, 0.15) is 0 Å². The van der Waals surface area contributed by atoms with Gasteiger partial charge in [-0.25, -0.2) is 0 Å². The van der Waals surface area contributed by atoms with Gasteiger partial charge in [0, 0.05) is 18.6 Å². The molecule has 0 amide bonds. The molecule has 4 nitrogen and oxygen atoms in total. The topological polar surface area (TPSA) is 72.4 Å². The Balaban J connectivity index is 3.44. The summed E-state index contributed by atoms with van der Waals surface area (Å²) in [6.45, 7) is 0. The summed E-state index contributed by atoms with van der Waals surface area (Å²) in [4.78, 5) is 0. The highest BCUT2D eigenvalue weighted by Crippen LogP contribution is 1.79. The predicted octanol–water partition coefficient (Wildman–Crippen LogP) is 1.68. The van der Waals surface area contributed by atoms with Crippen LogP contribution in [0.2, 0.25) is 0 Å². The Kier molecular flexibility index (Phi) is 8.18. The molecule has 0 unspecified atom stereocenters. The number of hydrogen-bond acceptors (Lipinski definition) is 4. The predicted molar refractivity (Wildman–Crippen MR) is 52.9 cm³/mol. The van der Waals surface area contributed by atoms with Gasteiger partial charge in [-0.1, -0.05) is 0 Å². The van der Waals surface area contributed by atoms with Crippen molar-refractivity contribution < 1.29 is 0 Å². The quantitative estimate of drug-likeness (QED) is 0.340. The van der Waals surface area contributed by atoms with Crippen LogP contribution in [-0.2, 0) is 0 Å². The van der Waals surface area contributed by atoms with Crippen molar-refractivity contribution in [1.82, 2.24) is 0 Å². The van der Waals surface area contributed by atoms with E-state index in [9.17, 15) is 0 Å². The molecule has 0 aliphatic rings. The number of nitrogens with one attached hydrogen (secondary N) is 2. The molecule has 2 N–H and O–H groups in total. The van der Waals surface area contributed by atoms with E-state index >= 15 is 0 Å². The van der Waals surface area contributed by atoms with Crippen LogP contribution in [0.4, 0.5) is 0 Å². The number of nitrogens with zero attached hydrogens (tertiary/aromatic N) is 2. The highest BCUT2D eigenvalue weighted by Gasteiger charge is 1.73. The van der Waals surface area contributed by atoms with Crippen LogP contribution in [0.3, 0.4) is 0 Å². The Morgan fingerprint density at radius 3 is 2.50 bits per heavy atom. The maximum Gasteiger partial charge on any atom is 0.0496 e. The Morgan fingerprint density at radius 1 is 1.00 bits per heavy atom. The van der Waals surface area contributed by atoms with Crippen LogP contribution in [0.1, 0.15) is 12.8 Å². The fourth-order valence-electron chi connectivity index (χ4n) is 0.445. The molecule has 0 aromatic heterocycles. The van der Waals surface area contributed by atoms with Crippen LogP contribution < -0.4 is 0 Å². The zero-order valence-corrected chi connectivity index (χ0v) is 6.77. The van der Waals surface area contributed by atoms with Crippen LogP contribution in [-0.4, -0.2) is 24.9 Å². The van der Waals surface area contributed by atoms with Gasteiger partial charge in [0.15, 0.2) is 0 Å². The van der Waals surface area contributed by atoms with E-state index in [4.69, 9.17) is 10.8 Å². The van der Waals surface area contributed by atoms with Crippen molar-refractivity contribution in [3.05, 3.63) is 12.2 Å². The second-order valence-electron chi connectivity index (χ2n) is 1.90. The second kappa shape index (κ2) is 9.42. The summed E-state index contributed by atoms with van der Waals surface area (Å²) in [5.41, 5.74) is 0. The fourth-order valence-corrected chi connectivity index (χ4v) is 0.445. The van der Waals surface area contributed by atoms with Crippen molar-refractivity contribution in [2.45, 2.75) is 12.8 Å². The number of hydrogen-bond donors (Lipinski definition) is 2. The summed E-state index contributed by atoms with van der Waals surface area (Å²) in [6, 6.07) is 0. The van der Waals surface area contributed by atoms with Gasteiger partial charge < -0.3 is 10.8 Å². The molecule has 0 heterocycles. The molecule has 0 saturated heterocycles. The van der Waals surface area contributed by atoms with Crippen molar-refractivity contribution in [3.8, 4) is 0 Å². The maximum atomic E-state index is 6.71. The molecule has 0 rings (SSSR count). The maximum absolute atomic E-state index is 6.71. The molecule has 0 aromatic rings. The van der Waals surface area contributed by atoms with E-state index in [1.165, 1.54) is 18.6 Å². The Bertz CT molecular complexity index is 203. The first-order chi connectivity index (χ1) is 5.91. The van der Waals surface area contributed by atoms with Gasteiger partial charge in [-0.15, -0.1) is 0 Å². The summed E-state index contributed by atoms with van der Waals surface area (Å²) in [6.07, 6.45) is 10.3. The van der Waals surface area contributed by atoms with Gasteiger partial charge in [-0.2, -0.15) is 10.2 Å². The summed E-state index contributed by atoms with van der Waals surface area (Å²) >= 11 is 0. The van der Waals surface area contributed by atoms with E-state index in [0.29, 0.717) is 6.42 Å². The zero-order valence-electron chi connectivity index (χ0n) is 6.77. The molecule has 0 aliphatic heterocycles. The summed E-state index contributed by atoms with van der Waals surface area (Å²) in [7, 11) is 0. The molecule has 0 aliphatic carbocycles. The number of unbranched alkanes of at least 4 members (excludes halogenated alkanes) is 1. The van der Waals surface area contributed by atoms with Crippen LogP contribution in [0.5, 0.6) is 0 Å². The lowest BCUT2D eigenvalue weighted by Gasteiger charge is -1.79. The molecular weight excluding hydrogens is 152 g/mol. The van der Waals surface area contributed by atoms with E-state index in [0.717, 1.165) is 6.42 Å². The van der Waals surface area contributed by atoms with E-state index in [1.807, 2.05) is 0 Å². The standard InChI is InChI=1S/C8H12N4/c9-5-1-3-7-11-12-8-4-2-6-10/h1,3,5-10H,2,4H2/b3-1+,9-5?,10-6?,11-7-,12-8-. The van der Waals surface area contributed by atoms with E-state index < -0.39 is 0 Å². The third kappa shape index (κ3) is 8.42. The minimum atomic E-state index is 0.704. The molecule has 12 heavy (non-hydrogen) atoms. The minimum absolute atomic E-state index is 0.704. The van der Waals surface area contributed by atoms with Crippen molar-refractivity contribution in [3.63, 3.8) is 0 Å². The third-order valence-corrected chi connectivity index (χ3v) is 0.948. The van der Waals surface area contributed by atoms with E-state index in [-0.39, 0.29) is 0 Å². The normalized spacial score (nSPS) is 11.7. The van der Waals surface area contributed by atoms with Gasteiger partial charge in [0.2, 0.25) is 0 Å². The average molecular weight is 164 g/mol. The van der Waals surface area contributed by atoms with Gasteiger partial charge >= 0.3 is 0 Å². The molecular formula is C8H12N4. The Labute approximate surface area is 71.7 Å². The molecule has 0 radical (unpaired) electrons. The first kappa shape index (κ1) is 10.4. The largest absolute Gasteiger partial charge is 0.313 e. The molecule has 0 atom stereocenters. The van der Waals surface area contributed by atoms with Crippen LogP contribution >= 0.6 is 0 Å². The third-order valence-electron chi connectivity index (χ3n) is 0.948. The van der Waals surface area contributed by atoms with Gasteiger partial charge in [0.25, 0.3) is 0 Å². The lowest BCUT2D eigenvalue weighted by molar-refractivity contribution is 1.15. The highest BCUT2D eigenvalue weighted by atomic mass is 15.2. The van der Waals surface area contributed by atoms with E-state index in [2.05, 4.69) is 10.2 Å². The molecule has 64 valence electrons. The Morgan fingerprint density at radius 2 is 1.83 bits per heavy atom. The molecule has 0 saturated carbocycles. The second-order valence-corrected chi connectivity index (χ2v) is 1.90. The molecule has 0 bridgehead atoms. The SMILES string of the molecule is N=C/C=C/C=N\N=C/CCC=N. The molecule has 4 heteroatoms. The Hall–Kier alpha value is -1.58. The summed E-state index contributed by atoms with van der Waals surface area (Å²) < 4.78 is 0. The summed E-state index contributed by atoms with van der Waals surface area (Å²) in [5.74, 6) is 0. The van der Waals surface area contributed by atoms with Crippen molar-refractivity contribution in [2.75, 3.05) is 0 Å². The number of allylic oxidation sites excluding steroid dienone is 2. The average Bonchev–Trinajstić information content (AvgIpc) is 2.10. The van der Waals surface area contributed by atoms with Gasteiger partial charge in [0.05, 0.1) is 0 Å². The lowest BCUT2D eigenvalue weighted by atomic mass is 10.4. The molecule has 0 spiro atoms. The zero-order chi connectivity index (χ0) is 9.07. The lowest BCUT2D eigenvalue weighted by Crippen LogP contribution is -1.75. The molecule has 0 aromatic carbocycles.